The van der Waals surface area contributed by atoms with E-state index in [2.05, 4.69) is 0 Å². The summed E-state index contributed by atoms with van der Waals surface area (Å²) in [4.78, 5) is 0. The summed E-state index contributed by atoms with van der Waals surface area (Å²) in [6, 6.07) is 5.39. The number of hydrogen-bond donors (Lipinski definition) is 0. The van der Waals surface area contributed by atoms with Crippen LogP contribution in [0, 0.1) is 0 Å². The van der Waals surface area contributed by atoms with Gasteiger partial charge in [-0.05, 0) is 43.0 Å². The smallest absolute Gasteiger partial charge is 0.232 e. The Morgan fingerprint density at radius 2 is 2.00 bits per heavy atom. The fraction of sp³-hybridized carbons (Fsp3) is 0.455. The van der Waals surface area contributed by atoms with Crippen molar-refractivity contribution in [1.29, 1.82) is 0 Å². The van der Waals surface area contributed by atoms with Crippen LogP contribution in [0.2, 0.25) is 5.02 Å². The third kappa shape index (κ3) is 5.61. The number of rotatable bonds is 6. The maximum absolute atomic E-state index is 10.7. The molecule has 0 bridgehead atoms. The molecule has 0 amide bonds. The van der Waals surface area contributed by atoms with Gasteiger partial charge in [-0.2, -0.15) is 0 Å². The first kappa shape index (κ1) is 14.6. The minimum absolute atomic E-state index is 0.00254. The van der Waals surface area contributed by atoms with Gasteiger partial charge < -0.3 is 4.74 Å². The minimum Gasteiger partial charge on any atom is -0.496 e. The van der Waals surface area contributed by atoms with Crippen LogP contribution in [0.25, 0.3) is 0 Å². The molecule has 0 N–H and O–H groups in total. The van der Waals surface area contributed by atoms with Gasteiger partial charge in [0.05, 0.1) is 12.9 Å². The molecule has 0 radical (unpaired) electrons. The predicted octanol–water partition coefficient (Wildman–Crippen LogP) is 3.24. The number of aryl methyl sites for hydroxylation is 1. The van der Waals surface area contributed by atoms with Crippen molar-refractivity contribution in [2.75, 3.05) is 12.9 Å². The van der Waals surface area contributed by atoms with Crippen LogP contribution >= 0.6 is 22.3 Å². The summed E-state index contributed by atoms with van der Waals surface area (Å²) >= 11 is 5.89. The minimum atomic E-state index is -3.39. The molecule has 6 heteroatoms. The number of unbranched alkanes of at least 4 members (excludes halogenated alkanes) is 1. The molecule has 0 aliphatic carbocycles. The Bertz CT molecular complexity index is 472. The zero-order valence-electron chi connectivity index (χ0n) is 9.45. The van der Waals surface area contributed by atoms with E-state index in [-0.39, 0.29) is 5.75 Å². The van der Waals surface area contributed by atoms with Crippen molar-refractivity contribution in [3.63, 3.8) is 0 Å². The van der Waals surface area contributed by atoms with E-state index >= 15 is 0 Å². The third-order valence-corrected chi connectivity index (χ3v) is 3.80. The highest BCUT2D eigenvalue weighted by Gasteiger charge is 2.07. The predicted molar refractivity (Wildman–Crippen MR) is 70.6 cm³/mol. The van der Waals surface area contributed by atoms with Crippen molar-refractivity contribution in [3.05, 3.63) is 28.8 Å². The van der Waals surface area contributed by atoms with E-state index in [0.29, 0.717) is 11.4 Å². The Kier molecular flexibility index (Phi) is 5.56. The summed E-state index contributed by atoms with van der Waals surface area (Å²) < 4.78 is 26.7. The van der Waals surface area contributed by atoms with Gasteiger partial charge in [0.1, 0.15) is 5.75 Å². The molecule has 96 valence electrons. The van der Waals surface area contributed by atoms with Gasteiger partial charge in [-0.1, -0.05) is 11.6 Å². The molecule has 1 aromatic rings. The Morgan fingerprint density at radius 3 is 2.59 bits per heavy atom. The molecule has 0 spiro atoms. The average molecular weight is 297 g/mol. The number of ether oxygens (including phenoxy) is 1. The number of methoxy groups -OCH3 is 1. The van der Waals surface area contributed by atoms with Crippen molar-refractivity contribution >= 4 is 31.3 Å². The number of hydrogen-bond acceptors (Lipinski definition) is 3. The molecule has 0 saturated heterocycles. The van der Waals surface area contributed by atoms with Gasteiger partial charge in [0, 0.05) is 15.7 Å². The first-order valence-electron chi connectivity index (χ1n) is 5.17. The SMILES string of the molecule is COc1ccc(Cl)cc1CCCCS(=O)(=O)Cl. The molecular formula is C11H14Cl2O3S. The number of benzene rings is 1. The zero-order valence-corrected chi connectivity index (χ0v) is 11.8. The molecule has 0 unspecified atom stereocenters. The highest BCUT2D eigenvalue weighted by atomic mass is 35.7. The second-order valence-electron chi connectivity index (χ2n) is 3.66. The average Bonchev–Trinajstić information content (AvgIpc) is 2.23. The Morgan fingerprint density at radius 1 is 1.29 bits per heavy atom. The summed E-state index contributed by atoms with van der Waals surface area (Å²) in [5.74, 6) is 0.764. The van der Waals surface area contributed by atoms with Crippen molar-refractivity contribution < 1.29 is 13.2 Å². The van der Waals surface area contributed by atoms with E-state index in [1.54, 1.807) is 19.2 Å². The first-order valence-corrected chi connectivity index (χ1v) is 8.03. The standard InChI is InChI=1S/C11H14Cl2O3S/c1-16-11-6-5-10(12)8-9(11)4-2-3-7-17(13,14)15/h5-6,8H,2-4,7H2,1H3. The quantitative estimate of drug-likeness (QED) is 0.598. The molecule has 17 heavy (non-hydrogen) atoms. The maximum Gasteiger partial charge on any atom is 0.232 e. The lowest BCUT2D eigenvalue weighted by molar-refractivity contribution is 0.409. The van der Waals surface area contributed by atoms with Crippen molar-refractivity contribution in [1.82, 2.24) is 0 Å². The summed E-state index contributed by atoms with van der Waals surface area (Å²) in [5.41, 5.74) is 0.979. The molecule has 0 atom stereocenters. The van der Waals surface area contributed by atoms with E-state index < -0.39 is 9.05 Å². The van der Waals surface area contributed by atoms with Crippen molar-refractivity contribution in [2.24, 2.45) is 0 Å². The van der Waals surface area contributed by atoms with Crippen LogP contribution in [0.3, 0.4) is 0 Å². The van der Waals surface area contributed by atoms with Gasteiger partial charge in [0.15, 0.2) is 0 Å². The zero-order chi connectivity index (χ0) is 12.9. The largest absolute Gasteiger partial charge is 0.496 e. The van der Waals surface area contributed by atoms with Crippen LogP contribution in [-0.4, -0.2) is 21.3 Å². The first-order chi connectivity index (χ1) is 7.92. The molecule has 0 aliphatic rings. The second-order valence-corrected chi connectivity index (χ2v) is 6.99. The fourth-order valence-corrected chi connectivity index (χ4v) is 2.60. The highest BCUT2D eigenvalue weighted by molar-refractivity contribution is 8.13. The van der Waals surface area contributed by atoms with Gasteiger partial charge in [-0.15, -0.1) is 0 Å². The Balaban J connectivity index is 2.54. The van der Waals surface area contributed by atoms with Crippen LogP contribution in [0.4, 0.5) is 0 Å². The van der Waals surface area contributed by atoms with Crippen LogP contribution in [0.1, 0.15) is 18.4 Å². The molecule has 0 saturated carbocycles. The molecule has 0 aromatic heterocycles. The van der Waals surface area contributed by atoms with Gasteiger partial charge >= 0.3 is 0 Å². The lowest BCUT2D eigenvalue weighted by Gasteiger charge is -2.08. The van der Waals surface area contributed by atoms with E-state index in [9.17, 15) is 8.42 Å². The Labute approximate surface area is 111 Å². The molecule has 0 aliphatic heterocycles. The maximum atomic E-state index is 10.7. The fourth-order valence-electron chi connectivity index (χ4n) is 1.53. The van der Waals surface area contributed by atoms with Crippen LogP contribution in [-0.2, 0) is 15.5 Å². The number of halogens is 2. The monoisotopic (exact) mass is 296 g/mol. The Hall–Kier alpha value is -0.450. The second kappa shape index (κ2) is 6.47. The van der Waals surface area contributed by atoms with Gasteiger partial charge in [0.25, 0.3) is 0 Å². The van der Waals surface area contributed by atoms with Gasteiger partial charge in [0.2, 0.25) is 9.05 Å². The topological polar surface area (TPSA) is 43.4 Å². The van der Waals surface area contributed by atoms with E-state index in [0.717, 1.165) is 24.2 Å². The van der Waals surface area contributed by atoms with E-state index in [1.165, 1.54) is 0 Å². The molecule has 1 rings (SSSR count). The molecule has 1 aromatic carbocycles. The summed E-state index contributed by atoms with van der Waals surface area (Å²) in [7, 11) is 3.33. The van der Waals surface area contributed by atoms with Gasteiger partial charge in [-0.25, -0.2) is 8.42 Å². The van der Waals surface area contributed by atoms with Crippen LogP contribution in [0.15, 0.2) is 18.2 Å². The van der Waals surface area contributed by atoms with Crippen molar-refractivity contribution in [2.45, 2.75) is 19.3 Å². The molecule has 0 fully saturated rings. The normalized spacial score (nSPS) is 11.5. The van der Waals surface area contributed by atoms with E-state index in [4.69, 9.17) is 27.0 Å². The van der Waals surface area contributed by atoms with Crippen molar-refractivity contribution in [3.8, 4) is 5.75 Å². The lowest BCUT2D eigenvalue weighted by atomic mass is 10.1. The highest BCUT2D eigenvalue weighted by Crippen LogP contribution is 2.24. The van der Waals surface area contributed by atoms with Crippen LogP contribution < -0.4 is 4.74 Å². The molecule has 0 heterocycles. The van der Waals surface area contributed by atoms with Crippen LogP contribution in [0.5, 0.6) is 5.75 Å². The van der Waals surface area contributed by atoms with Gasteiger partial charge in [-0.3, -0.25) is 0 Å². The third-order valence-electron chi connectivity index (χ3n) is 2.33. The summed E-state index contributed by atoms with van der Waals surface area (Å²) in [6.07, 6.45) is 1.97. The summed E-state index contributed by atoms with van der Waals surface area (Å²) in [6.45, 7) is 0. The van der Waals surface area contributed by atoms with E-state index in [1.807, 2.05) is 6.07 Å². The lowest BCUT2D eigenvalue weighted by Crippen LogP contribution is -1.99. The molecule has 3 nitrogen and oxygen atoms in total. The summed E-state index contributed by atoms with van der Waals surface area (Å²) in [5, 5.41) is 0.644. The molecular weight excluding hydrogens is 283 g/mol.